The lowest BCUT2D eigenvalue weighted by atomic mass is 10.2. The van der Waals surface area contributed by atoms with Crippen molar-refractivity contribution in [3.63, 3.8) is 0 Å². The molecular formula is C11H15ClN2O3S. The quantitative estimate of drug-likeness (QED) is 0.474. The Morgan fingerprint density at radius 1 is 1.50 bits per heavy atom. The fourth-order valence-electron chi connectivity index (χ4n) is 1.43. The Morgan fingerprint density at radius 2 is 2.22 bits per heavy atom. The Labute approximate surface area is 113 Å². The summed E-state index contributed by atoms with van der Waals surface area (Å²) in [6.45, 7) is 2.76. The van der Waals surface area contributed by atoms with E-state index in [2.05, 4.69) is 5.32 Å². The van der Waals surface area contributed by atoms with Gasteiger partial charge in [-0.05, 0) is 12.1 Å². The van der Waals surface area contributed by atoms with Crippen molar-refractivity contribution in [1.82, 2.24) is 5.32 Å². The third kappa shape index (κ3) is 4.72. The van der Waals surface area contributed by atoms with Crippen molar-refractivity contribution >= 4 is 28.1 Å². The van der Waals surface area contributed by atoms with Crippen LogP contribution in [0, 0.1) is 10.1 Å². The SMILES string of the molecule is CCS(=O)CCNCc1cc(Cl)ccc1[N+](=O)[O-]. The lowest BCUT2D eigenvalue weighted by Gasteiger charge is -2.05. The Kier molecular flexibility index (Phi) is 6.24. The number of hydrogen-bond acceptors (Lipinski definition) is 4. The first-order valence-electron chi connectivity index (χ1n) is 5.53. The summed E-state index contributed by atoms with van der Waals surface area (Å²) in [5, 5.41) is 14.3. The van der Waals surface area contributed by atoms with E-state index in [9.17, 15) is 14.3 Å². The Balaban J connectivity index is 2.58. The van der Waals surface area contributed by atoms with Crippen LogP contribution in [0.1, 0.15) is 12.5 Å². The molecule has 0 radical (unpaired) electrons. The van der Waals surface area contributed by atoms with Crippen molar-refractivity contribution in [2.45, 2.75) is 13.5 Å². The molecule has 0 bridgehead atoms. The monoisotopic (exact) mass is 290 g/mol. The summed E-state index contributed by atoms with van der Waals surface area (Å²) < 4.78 is 11.2. The number of hydrogen-bond donors (Lipinski definition) is 1. The van der Waals surface area contributed by atoms with Gasteiger partial charge in [0.2, 0.25) is 0 Å². The van der Waals surface area contributed by atoms with E-state index in [4.69, 9.17) is 11.6 Å². The maximum absolute atomic E-state index is 11.2. The van der Waals surface area contributed by atoms with Crippen LogP contribution in [0.4, 0.5) is 5.69 Å². The molecule has 0 amide bonds. The van der Waals surface area contributed by atoms with Crippen LogP contribution in [0.2, 0.25) is 5.02 Å². The summed E-state index contributed by atoms with van der Waals surface area (Å²) in [6.07, 6.45) is 0. The van der Waals surface area contributed by atoms with Crippen molar-refractivity contribution in [2.24, 2.45) is 0 Å². The molecule has 18 heavy (non-hydrogen) atoms. The van der Waals surface area contributed by atoms with Gasteiger partial charge in [-0.1, -0.05) is 18.5 Å². The molecule has 1 aromatic rings. The van der Waals surface area contributed by atoms with E-state index in [1.54, 1.807) is 6.07 Å². The van der Waals surface area contributed by atoms with Crippen molar-refractivity contribution < 1.29 is 9.13 Å². The number of benzene rings is 1. The van der Waals surface area contributed by atoms with Gasteiger partial charge in [0.15, 0.2) is 0 Å². The first-order valence-corrected chi connectivity index (χ1v) is 7.39. The molecular weight excluding hydrogens is 276 g/mol. The molecule has 1 atom stereocenters. The number of rotatable bonds is 7. The zero-order valence-electron chi connectivity index (χ0n) is 10.0. The van der Waals surface area contributed by atoms with Crippen LogP contribution in [0.25, 0.3) is 0 Å². The summed E-state index contributed by atoms with van der Waals surface area (Å²) in [5.74, 6) is 1.17. The van der Waals surface area contributed by atoms with Crippen LogP contribution in [-0.4, -0.2) is 27.2 Å². The topological polar surface area (TPSA) is 72.2 Å². The Morgan fingerprint density at radius 3 is 2.83 bits per heavy atom. The average Bonchev–Trinajstić information content (AvgIpc) is 2.34. The Hall–Kier alpha value is -0.980. The number of nitro benzene ring substituents is 1. The maximum Gasteiger partial charge on any atom is 0.273 e. The summed E-state index contributed by atoms with van der Waals surface area (Å²) in [4.78, 5) is 10.4. The summed E-state index contributed by atoms with van der Waals surface area (Å²) in [5.41, 5.74) is 0.582. The second kappa shape index (κ2) is 7.45. The molecule has 0 fully saturated rings. The highest BCUT2D eigenvalue weighted by Crippen LogP contribution is 2.22. The number of nitrogens with zero attached hydrogens (tertiary/aromatic N) is 1. The predicted octanol–water partition coefficient (Wildman–Crippen LogP) is 2.11. The molecule has 100 valence electrons. The minimum absolute atomic E-state index is 0.0449. The van der Waals surface area contributed by atoms with Gasteiger partial charge in [0.25, 0.3) is 5.69 Å². The minimum Gasteiger partial charge on any atom is -0.311 e. The van der Waals surface area contributed by atoms with E-state index in [0.717, 1.165) is 0 Å². The number of halogens is 1. The third-order valence-corrected chi connectivity index (χ3v) is 3.92. The second-order valence-electron chi connectivity index (χ2n) is 3.64. The molecule has 1 rings (SSSR count). The molecule has 0 aliphatic carbocycles. The van der Waals surface area contributed by atoms with Gasteiger partial charge >= 0.3 is 0 Å². The standard InChI is InChI=1S/C11H15ClN2O3S/c1-2-18(17)6-5-13-8-9-7-10(12)3-4-11(9)14(15)16/h3-4,7,13H,2,5-6,8H2,1H3. The largest absolute Gasteiger partial charge is 0.311 e. The lowest BCUT2D eigenvalue weighted by Crippen LogP contribution is -2.21. The van der Waals surface area contributed by atoms with Crippen LogP contribution in [-0.2, 0) is 17.3 Å². The fraction of sp³-hybridized carbons (Fsp3) is 0.455. The highest BCUT2D eigenvalue weighted by atomic mass is 35.5. The average molecular weight is 291 g/mol. The Bertz CT molecular complexity index is 454. The molecule has 0 saturated carbocycles. The summed E-state index contributed by atoms with van der Waals surface area (Å²) in [7, 11) is -0.826. The second-order valence-corrected chi connectivity index (χ2v) is 5.94. The van der Waals surface area contributed by atoms with Crippen molar-refractivity contribution in [2.75, 3.05) is 18.1 Å². The summed E-state index contributed by atoms with van der Waals surface area (Å²) in [6, 6.07) is 4.46. The fourth-order valence-corrected chi connectivity index (χ4v) is 2.28. The van der Waals surface area contributed by atoms with Crippen LogP contribution in [0.3, 0.4) is 0 Å². The third-order valence-electron chi connectivity index (χ3n) is 2.38. The van der Waals surface area contributed by atoms with Crippen LogP contribution >= 0.6 is 11.6 Å². The van der Waals surface area contributed by atoms with Gasteiger partial charge < -0.3 is 5.32 Å². The molecule has 1 unspecified atom stereocenters. The van der Waals surface area contributed by atoms with Crippen LogP contribution in [0.15, 0.2) is 18.2 Å². The summed E-state index contributed by atoms with van der Waals surface area (Å²) >= 11 is 5.81. The van der Waals surface area contributed by atoms with Gasteiger partial charge in [0.1, 0.15) is 0 Å². The maximum atomic E-state index is 11.2. The van der Waals surface area contributed by atoms with Crippen LogP contribution < -0.4 is 5.32 Å². The smallest absolute Gasteiger partial charge is 0.273 e. The molecule has 0 heterocycles. The van der Waals surface area contributed by atoms with Crippen molar-refractivity contribution in [1.29, 1.82) is 0 Å². The normalized spacial score (nSPS) is 12.3. The molecule has 0 saturated heterocycles. The number of nitro groups is 1. The van der Waals surface area contributed by atoms with Gasteiger partial charge in [-0.3, -0.25) is 14.3 Å². The van der Waals surface area contributed by atoms with Gasteiger partial charge in [-0.2, -0.15) is 0 Å². The van der Waals surface area contributed by atoms with Gasteiger partial charge in [0.05, 0.1) is 4.92 Å². The van der Waals surface area contributed by atoms with E-state index >= 15 is 0 Å². The molecule has 0 aliphatic rings. The van der Waals surface area contributed by atoms with Crippen molar-refractivity contribution in [3.8, 4) is 0 Å². The van der Waals surface area contributed by atoms with E-state index in [1.807, 2.05) is 6.92 Å². The molecule has 0 aliphatic heterocycles. The lowest BCUT2D eigenvalue weighted by molar-refractivity contribution is -0.385. The zero-order valence-corrected chi connectivity index (χ0v) is 11.6. The van der Waals surface area contributed by atoms with E-state index in [-0.39, 0.29) is 5.69 Å². The molecule has 5 nitrogen and oxygen atoms in total. The van der Waals surface area contributed by atoms with Gasteiger partial charge in [-0.25, -0.2) is 0 Å². The van der Waals surface area contributed by atoms with Crippen molar-refractivity contribution in [3.05, 3.63) is 38.9 Å². The first kappa shape index (κ1) is 15.1. The highest BCUT2D eigenvalue weighted by Gasteiger charge is 2.13. The minimum atomic E-state index is -0.826. The first-order chi connectivity index (χ1) is 8.54. The number of nitrogens with one attached hydrogen (secondary N) is 1. The molecule has 1 N–H and O–H groups in total. The van der Waals surface area contributed by atoms with E-state index in [1.165, 1.54) is 12.1 Å². The van der Waals surface area contributed by atoms with E-state index in [0.29, 0.717) is 35.2 Å². The van der Waals surface area contributed by atoms with E-state index < -0.39 is 15.7 Å². The molecule has 7 heteroatoms. The zero-order chi connectivity index (χ0) is 13.5. The van der Waals surface area contributed by atoms with Gasteiger partial charge in [-0.15, -0.1) is 0 Å². The molecule has 1 aromatic carbocycles. The van der Waals surface area contributed by atoms with Gasteiger partial charge in [0, 0.05) is 52.0 Å². The molecule has 0 aromatic heterocycles. The predicted molar refractivity (Wildman–Crippen MR) is 73.4 cm³/mol. The molecule has 0 spiro atoms. The highest BCUT2D eigenvalue weighted by molar-refractivity contribution is 7.84. The van der Waals surface area contributed by atoms with Crippen LogP contribution in [0.5, 0.6) is 0 Å².